The van der Waals surface area contributed by atoms with Crippen molar-refractivity contribution in [2.45, 2.75) is 27.2 Å². The number of nitrogens with one attached hydrogen (secondary N) is 1. The van der Waals surface area contributed by atoms with Crippen molar-refractivity contribution in [1.29, 1.82) is 0 Å². The fourth-order valence-electron chi connectivity index (χ4n) is 2.08. The van der Waals surface area contributed by atoms with Crippen LogP contribution in [0, 0.1) is 13.8 Å². The predicted octanol–water partition coefficient (Wildman–Crippen LogP) is -0.183. The van der Waals surface area contributed by atoms with E-state index in [1.807, 2.05) is 13.8 Å². The summed E-state index contributed by atoms with van der Waals surface area (Å²) in [5.41, 5.74) is 4.83. The highest BCUT2D eigenvalue weighted by atomic mass is 16.5. The monoisotopic (exact) mass is 498 g/mol. The second-order valence-electron chi connectivity index (χ2n) is 6.65. The van der Waals surface area contributed by atoms with E-state index in [1.54, 1.807) is 38.0 Å². The molecule has 0 radical (unpaired) electrons. The van der Waals surface area contributed by atoms with Crippen molar-refractivity contribution >= 4 is 29.5 Å². The zero-order valence-electron chi connectivity index (χ0n) is 21.5. The average Bonchev–Trinajstić information content (AvgIpc) is 3.32. The van der Waals surface area contributed by atoms with Gasteiger partial charge >= 0.3 is 17.9 Å². The molecule has 0 aliphatic heterocycles. The van der Waals surface area contributed by atoms with E-state index in [-0.39, 0.29) is 18.2 Å². The van der Waals surface area contributed by atoms with E-state index in [0.29, 0.717) is 11.4 Å². The number of aryl methyl sites for hydroxylation is 4. The number of methoxy groups -OCH3 is 3. The van der Waals surface area contributed by atoms with Gasteiger partial charge in [0.05, 0.1) is 33.4 Å². The Morgan fingerprint density at radius 1 is 0.914 bits per heavy atom. The summed E-state index contributed by atoms with van der Waals surface area (Å²) < 4.78 is 16.2. The number of ether oxygens (including phenoxy) is 3. The molecular weight excluding hydrogens is 464 g/mol. The Balaban J connectivity index is 0. The van der Waals surface area contributed by atoms with Gasteiger partial charge in [0.25, 0.3) is 0 Å². The Morgan fingerprint density at radius 3 is 1.74 bits per heavy atom. The number of hydrazine groups is 1. The third kappa shape index (κ3) is 13.4. The second kappa shape index (κ2) is 17.6. The number of rotatable bonds is 5. The molecule has 0 aliphatic carbocycles. The molecule has 0 amide bonds. The first-order valence-corrected chi connectivity index (χ1v) is 9.95. The van der Waals surface area contributed by atoms with Gasteiger partial charge in [0.2, 0.25) is 5.78 Å². The van der Waals surface area contributed by atoms with Gasteiger partial charge in [0.1, 0.15) is 11.5 Å². The van der Waals surface area contributed by atoms with Crippen molar-refractivity contribution in [2.24, 2.45) is 19.9 Å². The molecule has 14 heteroatoms. The minimum Gasteiger partial charge on any atom is -0.464 e. The van der Waals surface area contributed by atoms with Crippen molar-refractivity contribution in [2.75, 3.05) is 28.4 Å². The van der Waals surface area contributed by atoms with Crippen molar-refractivity contribution in [3.05, 3.63) is 34.9 Å². The number of hydrogen-bond donors (Lipinski definition) is 2. The summed E-state index contributed by atoms with van der Waals surface area (Å²) in [6.07, 6.45) is -0.368. The van der Waals surface area contributed by atoms with Crippen LogP contribution in [-0.4, -0.2) is 77.4 Å². The summed E-state index contributed by atoms with van der Waals surface area (Å²) in [5.74, 6) is 1.75. The molecule has 0 atom stereocenters. The summed E-state index contributed by atoms with van der Waals surface area (Å²) in [4.78, 5) is 52.9. The number of nitrogens with two attached hydrogens (primary N) is 1. The Bertz CT molecular complexity index is 977. The van der Waals surface area contributed by atoms with E-state index >= 15 is 0 Å². The van der Waals surface area contributed by atoms with E-state index in [0.717, 1.165) is 18.5 Å². The van der Waals surface area contributed by atoms with Crippen LogP contribution < -0.4 is 11.3 Å². The van der Waals surface area contributed by atoms with Crippen LogP contribution in [0.5, 0.6) is 0 Å². The van der Waals surface area contributed by atoms with Crippen LogP contribution in [0.4, 0.5) is 0 Å². The summed E-state index contributed by atoms with van der Waals surface area (Å²) in [6.45, 7) is 4.94. The smallest absolute Gasteiger partial charge is 0.374 e. The second-order valence-corrected chi connectivity index (χ2v) is 6.65. The maximum absolute atomic E-state index is 11.0. The van der Waals surface area contributed by atoms with E-state index < -0.39 is 17.7 Å². The number of aromatic nitrogens is 4. The van der Waals surface area contributed by atoms with Gasteiger partial charge < -0.3 is 14.2 Å². The molecule has 2 aromatic heterocycles. The Morgan fingerprint density at radius 2 is 1.43 bits per heavy atom. The Labute approximate surface area is 203 Å². The van der Waals surface area contributed by atoms with E-state index in [4.69, 9.17) is 0 Å². The molecule has 0 aliphatic rings. The number of hydrogen-bond acceptors (Lipinski definition) is 12. The molecule has 0 saturated carbocycles. The highest BCUT2D eigenvalue weighted by molar-refractivity contribution is 6.36. The van der Waals surface area contributed by atoms with Gasteiger partial charge in [-0.1, -0.05) is 0 Å². The van der Waals surface area contributed by atoms with Crippen molar-refractivity contribution in [1.82, 2.24) is 25.0 Å². The summed E-state index contributed by atoms with van der Waals surface area (Å²) in [6, 6.07) is 3.37. The van der Waals surface area contributed by atoms with Gasteiger partial charge in [-0.25, -0.2) is 14.4 Å². The summed E-state index contributed by atoms with van der Waals surface area (Å²) in [7, 11) is 8.93. The molecule has 0 unspecified atom stereocenters. The number of carbonyl (C=O) groups excluding carboxylic acids is 5. The Hall–Kier alpha value is -3.91. The minimum atomic E-state index is -0.963. The zero-order valence-corrected chi connectivity index (χ0v) is 21.5. The van der Waals surface area contributed by atoms with Crippen molar-refractivity contribution in [3.63, 3.8) is 0 Å². The minimum absolute atomic E-state index is 0.338. The molecular formula is C21H34N6O8. The van der Waals surface area contributed by atoms with Crippen LogP contribution in [0.25, 0.3) is 0 Å². The summed E-state index contributed by atoms with van der Waals surface area (Å²) in [5, 5.41) is 7.92. The molecule has 2 rings (SSSR count). The molecule has 14 nitrogen and oxygen atoms in total. The lowest BCUT2D eigenvalue weighted by Gasteiger charge is -1.96. The lowest BCUT2D eigenvalue weighted by molar-refractivity contribution is -0.152. The first-order chi connectivity index (χ1) is 16.3. The van der Waals surface area contributed by atoms with Crippen molar-refractivity contribution in [3.8, 4) is 0 Å². The van der Waals surface area contributed by atoms with Crippen LogP contribution in [0.1, 0.15) is 45.7 Å². The number of nitrogens with zero attached hydrogens (tertiary/aromatic N) is 4. The fourth-order valence-corrected chi connectivity index (χ4v) is 2.08. The maximum atomic E-state index is 11.0. The van der Waals surface area contributed by atoms with Crippen LogP contribution >= 0.6 is 0 Å². The fraction of sp³-hybridized carbons (Fsp3) is 0.476. The first-order valence-electron chi connectivity index (χ1n) is 9.95. The number of esters is 3. The third-order valence-corrected chi connectivity index (χ3v) is 3.73. The van der Waals surface area contributed by atoms with Gasteiger partial charge in [-0.15, -0.1) is 0 Å². The van der Waals surface area contributed by atoms with Gasteiger partial charge in [0.15, 0.2) is 5.69 Å². The quantitative estimate of drug-likeness (QED) is 0.138. The molecule has 2 aromatic rings. The van der Waals surface area contributed by atoms with Gasteiger partial charge in [-0.2, -0.15) is 10.2 Å². The normalized spacial score (nSPS) is 9.09. The van der Waals surface area contributed by atoms with Crippen LogP contribution in [0.3, 0.4) is 0 Å². The molecule has 0 saturated heterocycles. The zero-order chi connectivity index (χ0) is 27.7. The highest BCUT2D eigenvalue weighted by Crippen LogP contribution is 2.03. The highest BCUT2D eigenvalue weighted by Gasteiger charge is 2.15. The summed E-state index contributed by atoms with van der Waals surface area (Å²) >= 11 is 0. The molecule has 0 fully saturated rings. The largest absolute Gasteiger partial charge is 0.464 e. The average molecular weight is 499 g/mol. The lowest BCUT2D eigenvalue weighted by atomic mass is 10.2. The molecule has 0 spiro atoms. The first kappa shape index (κ1) is 33.3. The van der Waals surface area contributed by atoms with E-state index in [2.05, 4.69) is 35.7 Å². The van der Waals surface area contributed by atoms with Gasteiger partial charge in [0, 0.05) is 19.8 Å². The van der Waals surface area contributed by atoms with Gasteiger partial charge in [-0.3, -0.25) is 30.2 Å². The van der Waals surface area contributed by atoms with Crippen molar-refractivity contribution < 1.29 is 38.2 Å². The third-order valence-electron chi connectivity index (χ3n) is 3.73. The molecule has 2 heterocycles. The number of Topliss-reactive ketones (excluding diaryl/α,β-unsaturated/α-hetero) is 2. The molecule has 0 aromatic carbocycles. The molecule has 0 bridgehead atoms. The topological polar surface area (TPSA) is 187 Å². The number of ketones is 2. The standard InChI is InChI=1S/2C7H10N2O2.C6H8O4.CH6N2/c1-5-4-6(7(10)11-3)8-9(5)2;1-5-4-6(7(10)11-3)9(2)8-5;1-4(7)3-5(8)6(9)10-2;1-3-2/h2*4H,1-3H3;3H2,1-2H3;3H,2H2,1H3. The van der Waals surface area contributed by atoms with Crippen LogP contribution in [0.15, 0.2) is 12.1 Å². The number of carbonyl (C=O) groups is 5. The molecule has 3 N–H and O–H groups in total. The SMILES string of the molecule is CNN.COC(=O)C(=O)CC(C)=O.COC(=O)c1cc(C)n(C)n1.COC(=O)c1cc(C)nn1C. The lowest BCUT2D eigenvalue weighted by Crippen LogP contribution is -2.17. The van der Waals surface area contributed by atoms with Crippen LogP contribution in [-0.2, 0) is 42.7 Å². The Kier molecular flexibility index (Phi) is 16.7. The van der Waals surface area contributed by atoms with E-state index in [9.17, 15) is 24.0 Å². The maximum Gasteiger partial charge on any atom is 0.374 e. The predicted molar refractivity (Wildman–Crippen MR) is 124 cm³/mol. The molecule has 35 heavy (non-hydrogen) atoms. The molecule has 196 valence electrons. The van der Waals surface area contributed by atoms with E-state index in [1.165, 1.54) is 25.8 Å². The van der Waals surface area contributed by atoms with Gasteiger partial charge in [-0.05, 0) is 40.0 Å². The van der Waals surface area contributed by atoms with Crippen LogP contribution in [0.2, 0.25) is 0 Å².